The van der Waals surface area contributed by atoms with Crippen molar-refractivity contribution in [3.05, 3.63) is 36.5 Å². The number of carboxylic acid groups (broad SMARTS) is 1. The maximum absolute atomic E-state index is 13.4. The number of carboxylic acids is 1. The summed E-state index contributed by atoms with van der Waals surface area (Å²) in [6.45, 7) is 2.08. The largest absolute Gasteiger partial charge is 0.477 e. The zero-order valence-corrected chi connectivity index (χ0v) is 52.4. The van der Waals surface area contributed by atoms with E-state index in [0.717, 1.165) is 64.7 Å². The molecule has 18 atom stereocenters. The molecule has 0 saturated carbocycles. The highest BCUT2D eigenvalue weighted by Gasteiger charge is 2.60. The molecule has 3 aliphatic heterocycles. The van der Waals surface area contributed by atoms with Crippen LogP contribution in [0.15, 0.2) is 36.5 Å². The van der Waals surface area contributed by atoms with Crippen molar-refractivity contribution >= 4 is 17.8 Å². The van der Waals surface area contributed by atoms with Crippen LogP contribution in [0.5, 0.6) is 0 Å². The van der Waals surface area contributed by atoms with E-state index >= 15 is 0 Å². The monoisotopic (exact) mass is 1250 g/mol. The van der Waals surface area contributed by atoms with E-state index in [0.29, 0.717) is 12.8 Å². The Labute approximate surface area is 516 Å². The van der Waals surface area contributed by atoms with E-state index in [1.807, 2.05) is 6.08 Å². The molecule has 0 spiro atoms. The van der Waals surface area contributed by atoms with E-state index in [9.17, 15) is 75.7 Å². The number of aliphatic hydroxyl groups excluding tert-OH is 11. The van der Waals surface area contributed by atoms with Crippen molar-refractivity contribution < 1.29 is 104 Å². The summed E-state index contributed by atoms with van der Waals surface area (Å²) in [5.74, 6) is -6.15. The SMILES string of the molecule is CCCCC/C=C\C=C/CCCCCCCCCCCCC(=O)NC(COC1OC(CO)C(OC2OC(CO)C(O)C(OC3(C(=O)O)CC(O)C(NC(C)=O)C(C(O)C(O)CO)O3)C2O)C(O)C1O)C(O)/C=C/CCCCCCCCCCCCCC. The Hall–Kier alpha value is -3.05. The lowest BCUT2D eigenvalue weighted by atomic mass is 9.88. The minimum absolute atomic E-state index is 0.195. The predicted molar refractivity (Wildman–Crippen MR) is 324 cm³/mol. The van der Waals surface area contributed by atoms with Gasteiger partial charge in [-0.25, -0.2) is 4.79 Å². The first-order chi connectivity index (χ1) is 41.9. The second-order valence-corrected chi connectivity index (χ2v) is 24.0. The molecular weight excluding hydrogens is 1130 g/mol. The molecule has 0 aromatic rings. The van der Waals surface area contributed by atoms with Crippen molar-refractivity contribution in [2.45, 2.75) is 323 Å². The minimum atomic E-state index is -3.08. The van der Waals surface area contributed by atoms with Crippen molar-refractivity contribution in [3.8, 4) is 0 Å². The maximum Gasteiger partial charge on any atom is 0.364 e. The fourth-order valence-electron chi connectivity index (χ4n) is 11.3. The van der Waals surface area contributed by atoms with Gasteiger partial charge in [0.2, 0.25) is 11.8 Å². The Kier molecular flexibility index (Phi) is 40.7. The number of carbonyl (C=O) groups excluding carboxylic acids is 2. The van der Waals surface area contributed by atoms with Crippen LogP contribution in [0, 0.1) is 0 Å². The van der Waals surface area contributed by atoms with Crippen LogP contribution in [-0.4, -0.2) is 215 Å². The van der Waals surface area contributed by atoms with Gasteiger partial charge in [0.05, 0.1) is 50.7 Å². The molecule has 0 aromatic carbocycles. The van der Waals surface area contributed by atoms with Crippen molar-refractivity contribution in [1.82, 2.24) is 10.6 Å². The molecule has 18 unspecified atom stereocenters. The van der Waals surface area contributed by atoms with Crippen LogP contribution in [0.2, 0.25) is 0 Å². The zero-order chi connectivity index (χ0) is 64.0. The molecule has 506 valence electrons. The molecule has 2 amide bonds. The van der Waals surface area contributed by atoms with Gasteiger partial charge in [-0.2, -0.15) is 0 Å². The average molecular weight is 1250 g/mol. The van der Waals surface area contributed by atoms with Crippen LogP contribution in [0.3, 0.4) is 0 Å². The number of carbonyl (C=O) groups is 3. The second kappa shape index (κ2) is 45.3. The fraction of sp³-hybridized carbons (Fsp3) is 0.859. The highest BCUT2D eigenvalue weighted by Crippen LogP contribution is 2.38. The minimum Gasteiger partial charge on any atom is -0.477 e. The summed E-state index contributed by atoms with van der Waals surface area (Å²) in [6, 6.07) is -2.62. The first-order valence-corrected chi connectivity index (χ1v) is 32.9. The van der Waals surface area contributed by atoms with E-state index in [1.165, 1.54) is 109 Å². The molecule has 0 bridgehead atoms. The number of nitrogens with one attached hydrogen (secondary N) is 2. The van der Waals surface area contributed by atoms with Gasteiger partial charge in [-0.15, -0.1) is 0 Å². The van der Waals surface area contributed by atoms with Gasteiger partial charge in [-0.3, -0.25) is 9.59 Å². The molecule has 0 radical (unpaired) electrons. The summed E-state index contributed by atoms with van der Waals surface area (Å²) in [5.41, 5.74) is 0. The van der Waals surface area contributed by atoms with Gasteiger partial charge in [-0.05, 0) is 44.9 Å². The number of hydrogen-bond donors (Lipinski definition) is 14. The average Bonchev–Trinajstić information content (AvgIpc) is 0.960. The van der Waals surface area contributed by atoms with Gasteiger partial charge in [0, 0.05) is 19.8 Å². The van der Waals surface area contributed by atoms with Crippen LogP contribution in [0.1, 0.15) is 213 Å². The van der Waals surface area contributed by atoms with Gasteiger partial charge < -0.3 is 100 Å². The molecule has 0 aromatic heterocycles. The van der Waals surface area contributed by atoms with Crippen LogP contribution in [0.4, 0.5) is 0 Å². The Morgan fingerprint density at radius 3 is 1.62 bits per heavy atom. The molecule has 87 heavy (non-hydrogen) atoms. The number of unbranched alkanes of at least 4 members (excludes halogenated alkanes) is 25. The fourth-order valence-corrected chi connectivity index (χ4v) is 11.3. The van der Waals surface area contributed by atoms with Crippen molar-refractivity contribution in [3.63, 3.8) is 0 Å². The topological polar surface area (TPSA) is 373 Å². The smallest absolute Gasteiger partial charge is 0.364 e. The van der Waals surface area contributed by atoms with Crippen LogP contribution in [-0.2, 0) is 42.8 Å². The van der Waals surface area contributed by atoms with Gasteiger partial charge in [0.15, 0.2) is 12.6 Å². The van der Waals surface area contributed by atoms with Crippen LogP contribution in [0.25, 0.3) is 0 Å². The Morgan fingerprint density at radius 2 is 1.10 bits per heavy atom. The lowest BCUT2D eigenvalue weighted by Gasteiger charge is -2.50. The van der Waals surface area contributed by atoms with E-state index in [1.54, 1.807) is 6.08 Å². The first kappa shape index (κ1) is 78.2. The summed E-state index contributed by atoms with van der Waals surface area (Å²) in [6.07, 6.45) is 14.8. The van der Waals surface area contributed by atoms with Crippen LogP contribution >= 0.6 is 0 Å². The van der Waals surface area contributed by atoms with Crippen molar-refractivity contribution in [1.29, 1.82) is 0 Å². The summed E-state index contributed by atoms with van der Waals surface area (Å²) in [7, 11) is 0. The van der Waals surface area contributed by atoms with Gasteiger partial charge in [0.25, 0.3) is 5.79 Å². The van der Waals surface area contributed by atoms with E-state index in [-0.39, 0.29) is 12.3 Å². The highest BCUT2D eigenvalue weighted by atomic mass is 16.8. The van der Waals surface area contributed by atoms with E-state index in [2.05, 4.69) is 48.8 Å². The van der Waals surface area contributed by atoms with Gasteiger partial charge in [-0.1, -0.05) is 185 Å². The zero-order valence-electron chi connectivity index (χ0n) is 52.4. The number of ether oxygens (including phenoxy) is 6. The molecule has 23 heteroatoms. The quantitative estimate of drug-likeness (QED) is 0.0224. The Morgan fingerprint density at radius 1 is 0.609 bits per heavy atom. The summed E-state index contributed by atoms with van der Waals surface area (Å²) >= 11 is 0. The third-order valence-electron chi connectivity index (χ3n) is 16.6. The Balaban J connectivity index is 1.63. The van der Waals surface area contributed by atoms with Crippen molar-refractivity contribution in [2.75, 3.05) is 26.4 Å². The number of rotatable bonds is 48. The van der Waals surface area contributed by atoms with Gasteiger partial charge >= 0.3 is 5.97 Å². The number of amides is 2. The third kappa shape index (κ3) is 28.6. The van der Waals surface area contributed by atoms with Crippen LogP contribution < -0.4 is 10.6 Å². The number of hydrogen-bond acceptors (Lipinski definition) is 20. The van der Waals surface area contributed by atoms with Crippen molar-refractivity contribution in [2.24, 2.45) is 0 Å². The third-order valence-corrected chi connectivity index (χ3v) is 16.6. The molecule has 3 heterocycles. The standard InChI is InChI=1S/C64H114N2O21/c1-4-6-8-10-12-14-16-18-20-21-22-23-24-26-28-30-32-34-36-38-51(74)66-45(46(71)37-35-33-31-29-27-25-19-17-15-13-11-9-7-5-2)43-82-61-56(78)55(77)58(50(42-69)84-61)85-62-57(79)60(54(76)49(41-68)83-62)87-64(63(80)81)39-47(72)52(65-44(3)70)59(86-64)53(75)48(73)40-67/h12,14,16,18,35,37,45-50,52-62,67-69,71-73,75-79H,4-11,13,15,17,19-34,36,38-43H2,1-3H3,(H,65,70)(H,66,74)(H,80,81)/b14-12-,18-16-,37-35+. The first-order valence-electron chi connectivity index (χ1n) is 32.9. The molecule has 23 nitrogen and oxygen atoms in total. The molecular formula is C64H114N2O21. The molecule has 3 fully saturated rings. The highest BCUT2D eigenvalue weighted by molar-refractivity contribution is 5.77. The number of allylic oxidation sites excluding steroid dienone is 5. The van der Waals surface area contributed by atoms with Gasteiger partial charge in [0.1, 0.15) is 67.1 Å². The normalized spacial score (nSPS) is 29.4. The summed E-state index contributed by atoms with van der Waals surface area (Å²) in [5, 5.41) is 136. The van der Waals surface area contributed by atoms with E-state index in [4.69, 9.17) is 28.4 Å². The molecule has 3 saturated heterocycles. The lowest BCUT2D eigenvalue weighted by molar-refractivity contribution is -0.386. The molecule has 3 aliphatic rings. The molecule has 0 aliphatic carbocycles. The number of aliphatic carboxylic acids is 1. The molecule has 14 N–H and O–H groups in total. The Bertz CT molecular complexity index is 1920. The van der Waals surface area contributed by atoms with E-state index < -0.39 is 155 Å². The summed E-state index contributed by atoms with van der Waals surface area (Å²) in [4.78, 5) is 38.5. The second-order valence-electron chi connectivity index (χ2n) is 24.0. The maximum atomic E-state index is 13.4. The summed E-state index contributed by atoms with van der Waals surface area (Å²) < 4.78 is 34.7. The predicted octanol–water partition coefficient (Wildman–Crippen LogP) is 4.67. The molecule has 3 rings (SSSR count). The lowest BCUT2D eigenvalue weighted by Crippen LogP contribution is -2.70. The number of aliphatic hydroxyl groups is 11.